The van der Waals surface area contributed by atoms with Crippen LogP contribution >= 0.6 is 0 Å². The summed E-state index contributed by atoms with van der Waals surface area (Å²) in [4.78, 5) is 19.3. The number of nitrogens with one attached hydrogen (secondary N) is 1. The number of likely N-dealkylation sites (N-methyl/N-ethyl adjacent to an activating group) is 1. The Bertz CT molecular complexity index is 1450. The predicted octanol–water partition coefficient (Wildman–Crippen LogP) is 4.52. The van der Waals surface area contributed by atoms with Gasteiger partial charge in [0.2, 0.25) is 0 Å². The van der Waals surface area contributed by atoms with Crippen LogP contribution in [0.3, 0.4) is 0 Å². The Morgan fingerprint density at radius 2 is 1.80 bits per heavy atom. The molecule has 0 saturated carbocycles. The smallest absolute Gasteiger partial charge is 0.272 e. The van der Waals surface area contributed by atoms with Crippen molar-refractivity contribution in [3.8, 4) is 28.1 Å². The molecule has 0 unspecified atom stereocenters. The Hall–Kier alpha value is -4.01. The number of nitrogens with zero attached hydrogens (tertiary/aromatic N) is 4. The Morgan fingerprint density at radius 3 is 2.50 bits per heavy atom. The van der Waals surface area contributed by atoms with E-state index < -0.39 is 0 Å². The molecule has 2 N–H and O–H groups in total. The van der Waals surface area contributed by atoms with Crippen molar-refractivity contribution >= 4 is 5.91 Å². The molecule has 3 heterocycles. The normalized spacial score (nSPS) is 13.1. The molecule has 8 heteroatoms. The Labute approximate surface area is 235 Å². The summed E-state index contributed by atoms with van der Waals surface area (Å²) in [6.45, 7) is 7.19. The number of carbonyl (C=O) groups excluding carboxylic acids is 1. The first-order valence-corrected chi connectivity index (χ1v) is 13.9. The third-order valence-electron chi connectivity index (χ3n) is 7.37. The van der Waals surface area contributed by atoms with E-state index in [-0.39, 0.29) is 12.5 Å². The van der Waals surface area contributed by atoms with Gasteiger partial charge >= 0.3 is 0 Å². The standard InChI is InChI=1S/C32H37N5O3/c1-22(2)28-9-4-23(20-26(28)10-13-33-3)21-40-27-7-5-24(6-8-27)29-30(25-11-14-34-15-12-25)35-37-17-16-36(18-19-38)32(39)31(29)37/h4-9,11-12,14-15,20,22,33,38H,10,13,16-19,21H2,1-3H3. The molecule has 208 valence electrons. The minimum atomic E-state index is -0.123. The number of benzene rings is 2. The Kier molecular flexibility index (Phi) is 8.57. The van der Waals surface area contributed by atoms with Crippen LogP contribution in [0.15, 0.2) is 67.0 Å². The molecule has 0 spiro atoms. The first-order chi connectivity index (χ1) is 19.5. The van der Waals surface area contributed by atoms with Crippen molar-refractivity contribution in [2.24, 2.45) is 0 Å². The Morgan fingerprint density at radius 1 is 1.02 bits per heavy atom. The number of amides is 1. The number of β-amino-alcohol motifs (C(OH)–C–C–N with tert-alkyl or cyclic N) is 1. The second-order valence-corrected chi connectivity index (χ2v) is 10.4. The molecule has 8 nitrogen and oxygen atoms in total. The zero-order valence-electron chi connectivity index (χ0n) is 23.4. The summed E-state index contributed by atoms with van der Waals surface area (Å²) in [5, 5.41) is 17.5. The second-order valence-electron chi connectivity index (χ2n) is 10.4. The van der Waals surface area contributed by atoms with Crippen LogP contribution in [0.2, 0.25) is 0 Å². The molecule has 40 heavy (non-hydrogen) atoms. The minimum absolute atomic E-state index is 0.0738. The summed E-state index contributed by atoms with van der Waals surface area (Å²) in [5.74, 6) is 1.11. The number of carbonyl (C=O) groups is 1. The molecule has 0 bridgehead atoms. The zero-order valence-corrected chi connectivity index (χ0v) is 23.4. The van der Waals surface area contributed by atoms with E-state index >= 15 is 0 Å². The molecular formula is C32H37N5O3. The zero-order chi connectivity index (χ0) is 28.1. The van der Waals surface area contributed by atoms with Gasteiger partial charge in [0, 0.05) is 36.6 Å². The van der Waals surface area contributed by atoms with Gasteiger partial charge in [-0.2, -0.15) is 5.10 Å². The van der Waals surface area contributed by atoms with E-state index in [1.807, 2.05) is 43.4 Å². The van der Waals surface area contributed by atoms with Crippen LogP contribution in [0.4, 0.5) is 0 Å². The third kappa shape index (κ3) is 5.78. The van der Waals surface area contributed by atoms with Crippen LogP contribution in [-0.4, -0.2) is 64.0 Å². The van der Waals surface area contributed by atoms with Gasteiger partial charge in [0.1, 0.15) is 23.7 Å². The molecule has 2 aromatic carbocycles. The van der Waals surface area contributed by atoms with Crippen molar-refractivity contribution in [1.29, 1.82) is 0 Å². The monoisotopic (exact) mass is 539 g/mol. The lowest BCUT2D eigenvalue weighted by Gasteiger charge is -2.27. The third-order valence-corrected chi connectivity index (χ3v) is 7.37. The van der Waals surface area contributed by atoms with E-state index in [0.717, 1.165) is 46.7 Å². The quantitative estimate of drug-likeness (QED) is 0.291. The van der Waals surface area contributed by atoms with Crippen molar-refractivity contribution in [1.82, 2.24) is 25.0 Å². The molecule has 2 aromatic heterocycles. The van der Waals surface area contributed by atoms with Crippen LogP contribution in [0.5, 0.6) is 5.75 Å². The first kappa shape index (κ1) is 27.6. The average Bonchev–Trinajstić information content (AvgIpc) is 3.37. The number of aliphatic hydroxyl groups is 1. The van der Waals surface area contributed by atoms with Gasteiger partial charge in [0.05, 0.1) is 13.2 Å². The van der Waals surface area contributed by atoms with Crippen molar-refractivity contribution in [3.05, 3.63) is 89.4 Å². The molecular weight excluding hydrogens is 502 g/mol. The molecule has 0 aliphatic carbocycles. The summed E-state index contributed by atoms with van der Waals surface area (Å²) in [6, 6.07) is 18.3. The minimum Gasteiger partial charge on any atom is -0.489 e. The highest BCUT2D eigenvalue weighted by Gasteiger charge is 2.32. The highest BCUT2D eigenvalue weighted by molar-refractivity contribution is 6.03. The summed E-state index contributed by atoms with van der Waals surface area (Å²) in [7, 11) is 1.98. The lowest BCUT2D eigenvalue weighted by Crippen LogP contribution is -2.42. The molecule has 1 aliphatic rings. The van der Waals surface area contributed by atoms with Gasteiger partial charge in [-0.25, -0.2) is 0 Å². The fourth-order valence-corrected chi connectivity index (χ4v) is 5.30. The summed E-state index contributed by atoms with van der Waals surface area (Å²) >= 11 is 0. The first-order valence-electron chi connectivity index (χ1n) is 13.9. The second kappa shape index (κ2) is 12.4. The average molecular weight is 540 g/mol. The summed E-state index contributed by atoms with van der Waals surface area (Å²) < 4.78 is 7.96. The highest BCUT2D eigenvalue weighted by Crippen LogP contribution is 2.37. The van der Waals surface area contributed by atoms with Crippen LogP contribution < -0.4 is 10.1 Å². The van der Waals surface area contributed by atoms with E-state index in [1.54, 1.807) is 22.0 Å². The predicted molar refractivity (Wildman–Crippen MR) is 156 cm³/mol. The topological polar surface area (TPSA) is 92.5 Å². The molecule has 0 saturated heterocycles. The fourth-order valence-electron chi connectivity index (χ4n) is 5.30. The molecule has 5 rings (SSSR count). The largest absolute Gasteiger partial charge is 0.489 e. The molecule has 4 aromatic rings. The maximum absolute atomic E-state index is 13.4. The number of ether oxygens (including phenoxy) is 1. The number of aliphatic hydroxyl groups excluding tert-OH is 1. The van der Waals surface area contributed by atoms with Crippen LogP contribution in [0.25, 0.3) is 22.4 Å². The van der Waals surface area contributed by atoms with E-state index in [0.29, 0.717) is 37.9 Å². The van der Waals surface area contributed by atoms with Gasteiger partial charge in [-0.3, -0.25) is 14.5 Å². The number of hydrogen-bond donors (Lipinski definition) is 2. The van der Waals surface area contributed by atoms with Gasteiger partial charge in [0.15, 0.2) is 0 Å². The molecule has 1 aliphatic heterocycles. The van der Waals surface area contributed by atoms with Gasteiger partial charge < -0.3 is 20.1 Å². The van der Waals surface area contributed by atoms with Gasteiger partial charge in [-0.15, -0.1) is 0 Å². The molecule has 1 amide bonds. The van der Waals surface area contributed by atoms with Gasteiger partial charge in [-0.05, 0) is 72.5 Å². The van der Waals surface area contributed by atoms with Gasteiger partial charge in [-0.1, -0.05) is 44.2 Å². The van der Waals surface area contributed by atoms with Crippen molar-refractivity contribution in [2.45, 2.75) is 39.3 Å². The van der Waals surface area contributed by atoms with E-state index in [1.165, 1.54) is 11.1 Å². The number of fused-ring (bicyclic) bond motifs is 1. The number of hydrogen-bond acceptors (Lipinski definition) is 6. The van der Waals surface area contributed by atoms with Crippen LogP contribution in [0, 0.1) is 0 Å². The summed E-state index contributed by atoms with van der Waals surface area (Å²) in [6.07, 6.45) is 4.44. The lowest BCUT2D eigenvalue weighted by molar-refractivity contribution is 0.0662. The van der Waals surface area contributed by atoms with Crippen molar-refractivity contribution < 1.29 is 14.6 Å². The summed E-state index contributed by atoms with van der Waals surface area (Å²) in [5.41, 5.74) is 7.72. The number of aromatic nitrogens is 3. The van der Waals surface area contributed by atoms with E-state index in [4.69, 9.17) is 9.84 Å². The highest BCUT2D eigenvalue weighted by atomic mass is 16.5. The number of pyridine rings is 1. The van der Waals surface area contributed by atoms with Crippen molar-refractivity contribution in [3.63, 3.8) is 0 Å². The van der Waals surface area contributed by atoms with Gasteiger partial charge in [0.25, 0.3) is 5.91 Å². The van der Waals surface area contributed by atoms with Crippen LogP contribution in [0.1, 0.15) is 46.9 Å². The Balaban J connectivity index is 1.41. The van der Waals surface area contributed by atoms with E-state index in [9.17, 15) is 9.90 Å². The molecule has 0 fully saturated rings. The van der Waals surface area contributed by atoms with Crippen LogP contribution in [-0.2, 0) is 19.6 Å². The van der Waals surface area contributed by atoms with E-state index in [2.05, 4.69) is 42.3 Å². The maximum atomic E-state index is 13.4. The maximum Gasteiger partial charge on any atom is 0.272 e. The SMILES string of the molecule is CNCCc1cc(COc2ccc(-c3c(-c4ccncc4)nn4c3C(=O)N(CCO)CC4)cc2)ccc1C(C)C. The molecule has 0 radical (unpaired) electrons. The molecule has 0 atom stereocenters. The van der Waals surface area contributed by atoms with Crippen molar-refractivity contribution in [2.75, 3.05) is 33.3 Å². The lowest BCUT2D eigenvalue weighted by atomic mass is 9.93. The fraction of sp³-hybridized carbons (Fsp3) is 0.344. The number of rotatable bonds is 11.